The Bertz CT molecular complexity index is 568. The Balaban J connectivity index is 2.07. The standard InChI is InChI=1S/C16H17BrFN/c1-11-4-2-3-5-12(11)6-9-16(19)14-10-13(17)7-8-15(14)18/h2-5,7-8,10,16H,6,9,19H2,1H3. The van der Waals surface area contributed by atoms with Crippen LogP contribution in [0.25, 0.3) is 0 Å². The molecule has 0 saturated carbocycles. The Morgan fingerprint density at radius 3 is 2.68 bits per heavy atom. The second-order valence-corrected chi connectivity index (χ2v) is 5.65. The van der Waals surface area contributed by atoms with E-state index in [0.29, 0.717) is 5.56 Å². The molecule has 1 nitrogen and oxygen atoms in total. The summed E-state index contributed by atoms with van der Waals surface area (Å²) >= 11 is 3.35. The molecule has 0 fully saturated rings. The first kappa shape index (κ1) is 14.2. The zero-order chi connectivity index (χ0) is 13.8. The zero-order valence-corrected chi connectivity index (χ0v) is 12.5. The maximum atomic E-state index is 13.7. The first-order valence-electron chi connectivity index (χ1n) is 6.33. The molecule has 0 radical (unpaired) electrons. The third-order valence-corrected chi connectivity index (χ3v) is 3.84. The van der Waals surface area contributed by atoms with Gasteiger partial charge in [0.2, 0.25) is 0 Å². The van der Waals surface area contributed by atoms with E-state index in [4.69, 9.17) is 5.73 Å². The van der Waals surface area contributed by atoms with Crippen molar-refractivity contribution in [2.75, 3.05) is 0 Å². The zero-order valence-electron chi connectivity index (χ0n) is 10.9. The van der Waals surface area contributed by atoms with Gasteiger partial charge in [-0.1, -0.05) is 40.2 Å². The molecule has 0 heterocycles. The second kappa shape index (κ2) is 6.31. The summed E-state index contributed by atoms with van der Waals surface area (Å²) in [5, 5.41) is 0. The van der Waals surface area contributed by atoms with Gasteiger partial charge in [0.15, 0.2) is 0 Å². The minimum Gasteiger partial charge on any atom is -0.324 e. The summed E-state index contributed by atoms with van der Waals surface area (Å²) in [5.41, 5.74) is 9.20. The largest absolute Gasteiger partial charge is 0.324 e. The Morgan fingerprint density at radius 1 is 1.21 bits per heavy atom. The molecule has 0 saturated heterocycles. The summed E-state index contributed by atoms with van der Waals surface area (Å²) < 4.78 is 14.6. The lowest BCUT2D eigenvalue weighted by Gasteiger charge is -2.14. The number of hydrogen-bond acceptors (Lipinski definition) is 1. The van der Waals surface area contributed by atoms with E-state index in [0.717, 1.165) is 17.3 Å². The smallest absolute Gasteiger partial charge is 0.128 e. The van der Waals surface area contributed by atoms with Crippen LogP contribution in [-0.2, 0) is 6.42 Å². The van der Waals surface area contributed by atoms with Crippen molar-refractivity contribution in [3.05, 3.63) is 69.4 Å². The predicted octanol–water partition coefficient (Wildman–Crippen LogP) is 4.53. The van der Waals surface area contributed by atoms with Crippen LogP contribution in [0.15, 0.2) is 46.9 Å². The van der Waals surface area contributed by atoms with Gasteiger partial charge in [0.05, 0.1) is 0 Å². The summed E-state index contributed by atoms with van der Waals surface area (Å²) in [4.78, 5) is 0. The van der Waals surface area contributed by atoms with Crippen LogP contribution in [-0.4, -0.2) is 0 Å². The van der Waals surface area contributed by atoms with E-state index in [-0.39, 0.29) is 11.9 Å². The minimum absolute atomic E-state index is 0.236. The Kier molecular flexibility index (Phi) is 4.72. The lowest BCUT2D eigenvalue weighted by molar-refractivity contribution is 0.563. The molecular weight excluding hydrogens is 305 g/mol. The van der Waals surface area contributed by atoms with Crippen LogP contribution in [0.4, 0.5) is 4.39 Å². The van der Waals surface area contributed by atoms with Crippen molar-refractivity contribution in [1.82, 2.24) is 0 Å². The molecule has 2 aromatic rings. The molecule has 1 unspecified atom stereocenters. The molecule has 0 bridgehead atoms. The van der Waals surface area contributed by atoms with Crippen LogP contribution in [0, 0.1) is 12.7 Å². The molecule has 0 amide bonds. The molecule has 19 heavy (non-hydrogen) atoms. The third kappa shape index (κ3) is 3.64. The number of rotatable bonds is 4. The quantitative estimate of drug-likeness (QED) is 0.879. The van der Waals surface area contributed by atoms with Gasteiger partial charge in [-0.25, -0.2) is 4.39 Å². The predicted molar refractivity (Wildman–Crippen MR) is 80.5 cm³/mol. The maximum Gasteiger partial charge on any atom is 0.128 e. The van der Waals surface area contributed by atoms with Gasteiger partial charge in [0.1, 0.15) is 5.82 Å². The molecule has 0 aliphatic carbocycles. The lowest BCUT2D eigenvalue weighted by atomic mass is 9.97. The van der Waals surface area contributed by atoms with E-state index in [9.17, 15) is 4.39 Å². The van der Waals surface area contributed by atoms with Crippen LogP contribution in [0.2, 0.25) is 0 Å². The number of nitrogens with two attached hydrogens (primary N) is 1. The minimum atomic E-state index is -0.280. The topological polar surface area (TPSA) is 26.0 Å². The third-order valence-electron chi connectivity index (χ3n) is 3.34. The highest BCUT2D eigenvalue weighted by molar-refractivity contribution is 9.10. The molecule has 0 aromatic heterocycles. The van der Waals surface area contributed by atoms with Gasteiger partial charge in [-0.3, -0.25) is 0 Å². The Hall–Kier alpha value is -1.19. The average Bonchev–Trinajstić information content (AvgIpc) is 2.40. The molecule has 0 aliphatic heterocycles. The van der Waals surface area contributed by atoms with Gasteiger partial charge in [-0.2, -0.15) is 0 Å². The molecule has 2 aromatic carbocycles. The molecule has 3 heteroatoms. The van der Waals surface area contributed by atoms with E-state index in [2.05, 4.69) is 35.0 Å². The average molecular weight is 322 g/mol. The summed E-state index contributed by atoms with van der Waals surface area (Å²) in [7, 11) is 0. The molecule has 2 N–H and O–H groups in total. The van der Waals surface area contributed by atoms with E-state index < -0.39 is 0 Å². The fourth-order valence-electron chi connectivity index (χ4n) is 2.16. The van der Waals surface area contributed by atoms with Crippen molar-refractivity contribution in [2.24, 2.45) is 5.73 Å². The van der Waals surface area contributed by atoms with E-state index in [1.165, 1.54) is 17.2 Å². The number of aryl methyl sites for hydroxylation is 2. The second-order valence-electron chi connectivity index (χ2n) is 4.74. The van der Waals surface area contributed by atoms with Gasteiger partial charge in [0, 0.05) is 16.1 Å². The van der Waals surface area contributed by atoms with Gasteiger partial charge in [-0.05, 0) is 49.1 Å². The monoisotopic (exact) mass is 321 g/mol. The fourth-order valence-corrected chi connectivity index (χ4v) is 2.53. The summed E-state index contributed by atoms with van der Waals surface area (Å²) in [6.07, 6.45) is 1.60. The van der Waals surface area contributed by atoms with Crippen LogP contribution in [0.1, 0.15) is 29.2 Å². The normalized spacial score (nSPS) is 12.4. The van der Waals surface area contributed by atoms with E-state index >= 15 is 0 Å². The van der Waals surface area contributed by atoms with E-state index in [1.807, 2.05) is 12.1 Å². The number of hydrogen-bond donors (Lipinski definition) is 1. The van der Waals surface area contributed by atoms with Crippen molar-refractivity contribution in [3.63, 3.8) is 0 Å². The Morgan fingerprint density at radius 2 is 1.95 bits per heavy atom. The van der Waals surface area contributed by atoms with Crippen LogP contribution in [0.5, 0.6) is 0 Å². The SMILES string of the molecule is Cc1ccccc1CCC(N)c1cc(Br)ccc1F. The van der Waals surface area contributed by atoms with Crippen molar-refractivity contribution >= 4 is 15.9 Å². The van der Waals surface area contributed by atoms with Crippen molar-refractivity contribution < 1.29 is 4.39 Å². The van der Waals surface area contributed by atoms with Gasteiger partial charge in [-0.15, -0.1) is 0 Å². The van der Waals surface area contributed by atoms with Gasteiger partial charge >= 0.3 is 0 Å². The molecule has 1 atom stereocenters. The van der Waals surface area contributed by atoms with Crippen LogP contribution in [0.3, 0.4) is 0 Å². The van der Waals surface area contributed by atoms with Crippen molar-refractivity contribution in [1.29, 1.82) is 0 Å². The number of benzene rings is 2. The highest BCUT2D eigenvalue weighted by Gasteiger charge is 2.12. The summed E-state index contributed by atoms with van der Waals surface area (Å²) in [5.74, 6) is -0.236. The van der Waals surface area contributed by atoms with Gasteiger partial charge < -0.3 is 5.73 Å². The first-order valence-corrected chi connectivity index (χ1v) is 7.12. The first-order chi connectivity index (χ1) is 9.08. The number of halogens is 2. The lowest BCUT2D eigenvalue weighted by Crippen LogP contribution is -2.13. The summed E-state index contributed by atoms with van der Waals surface area (Å²) in [6.45, 7) is 2.08. The fraction of sp³-hybridized carbons (Fsp3) is 0.250. The Labute approximate surface area is 121 Å². The molecule has 100 valence electrons. The molecule has 0 aliphatic rings. The molecule has 0 spiro atoms. The van der Waals surface area contributed by atoms with Crippen molar-refractivity contribution in [3.8, 4) is 0 Å². The highest BCUT2D eigenvalue weighted by atomic mass is 79.9. The van der Waals surface area contributed by atoms with Gasteiger partial charge in [0.25, 0.3) is 0 Å². The van der Waals surface area contributed by atoms with Crippen molar-refractivity contribution in [2.45, 2.75) is 25.8 Å². The molecule has 2 rings (SSSR count). The highest BCUT2D eigenvalue weighted by Crippen LogP contribution is 2.24. The van der Waals surface area contributed by atoms with Crippen LogP contribution < -0.4 is 5.73 Å². The van der Waals surface area contributed by atoms with Crippen LogP contribution >= 0.6 is 15.9 Å². The maximum absolute atomic E-state index is 13.7. The molecular formula is C16H17BrFN. The van der Waals surface area contributed by atoms with E-state index in [1.54, 1.807) is 12.1 Å². The summed E-state index contributed by atoms with van der Waals surface area (Å²) in [6, 6.07) is 12.8.